The molecular formula is C5H10O8S2-2. The Morgan fingerprint density at radius 3 is 1.33 bits per heavy atom. The number of hydrogen-bond donors (Lipinski definition) is 2. The first kappa shape index (κ1) is 14.7. The van der Waals surface area contributed by atoms with Gasteiger partial charge >= 0.3 is 0 Å². The third kappa shape index (κ3) is 6.02. The molecule has 0 radical (unpaired) electrons. The summed E-state index contributed by atoms with van der Waals surface area (Å²) in [6.07, 6.45) is -1.33. The van der Waals surface area contributed by atoms with Gasteiger partial charge in [0.2, 0.25) is 0 Å². The fourth-order valence-electron chi connectivity index (χ4n) is 0.756. The van der Waals surface area contributed by atoms with Gasteiger partial charge in [-0.05, 0) is 19.3 Å². The molecule has 0 unspecified atom stereocenters. The second kappa shape index (κ2) is 5.18. The lowest BCUT2D eigenvalue weighted by Gasteiger charge is -2.17. The van der Waals surface area contributed by atoms with E-state index in [2.05, 4.69) is 0 Å². The van der Waals surface area contributed by atoms with Gasteiger partial charge in [-0.2, -0.15) is 0 Å². The number of aliphatic hydroxyl groups is 2. The zero-order chi connectivity index (χ0) is 12.3. The lowest BCUT2D eigenvalue weighted by molar-refractivity contribution is 0.192. The Morgan fingerprint density at radius 2 is 1.13 bits per heavy atom. The van der Waals surface area contributed by atoms with Gasteiger partial charge in [-0.15, -0.1) is 0 Å². The molecule has 0 bridgehead atoms. The Hall–Kier alpha value is -0.260. The molecule has 0 spiro atoms. The summed E-state index contributed by atoms with van der Waals surface area (Å²) in [7, 11) is -9.68. The second-order valence-corrected chi connectivity index (χ2v) is 5.89. The Balaban J connectivity index is 4.03. The molecule has 2 N–H and O–H groups in total. The second-order valence-electron chi connectivity index (χ2n) is 2.83. The van der Waals surface area contributed by atoms with Crippen molar-refractivity contribution in [1.82, 2.24) is 0 Å². The molecule has 0 saturated carbocycles. The van der Waals surface area contributed by atoms with E-state index in [9.17, 15) is 25.9 Å². The zero-order valence-corrected chi connectivity index (χ0v) is 9.07. The van der Waals surface area contributed by atoms with Gasteiger partial charge in [0, 0.05) is 0 Å². The van der Waals surface area contributed by atoms with E-state index in [1.54, 1.807) is 0 Å². The van der Waals surface area contributed by atoms with Gasteiger partial charge in [-0.25, -0.2) is 16.8 Å². The predicted octanol–water partition coefficient (Wildman–Crippen LogP) is -2.12. The summed E-state index contributed by atoms with van der Waals surface area (Å²) in [5.41, 5.74) is -4.31. The Bertz CT molecular complexity index is 343. The normalized spacial score (nSPS) is 17.3. The molecule has 92 valence electrons. The van der Waals surface area contributed by atoms with Crippen molar-refractivity contribution in [2.24, 2.45) is 0 Å². The molecule has 0 aromatic rings. The molecule has 10 heteroatoms. The van der Waals surface area contributed by atoms with Crippen molar-refractivity contribution in [3.05, 3.63) is 0 Å². The summed E-state index contributed by atoms with van der Waals surface area (Å²) in [5.74, 6) is 0. The van der Waals surface area contributed by atoms with Crippen molar-refractivity contribution in [2.45, 2.75) is 30.1 Å². The van der Waals surface area contributed by atoms with Crippen molar-refractivity contribution < 1.29 is 36.2 Å². The van der Waals surface area contributed by atoms with Gasteiger partial charge in [0.25, 0.3) is 0 Å². The van der Waals surface area contributed by atoms with Crippen molar-refractivity contribution in [3.8, 4) is 0 Å². The van der Waals surface area contributed by atoms with Crippen molar-refractivity contribution in [2.75, 3.05) is 0 Å². The largest absolute Gasteiger partial charge is 0.746 e. The number of hydrogen-bond acceptors (Lipinski definition) is 8. The SMILES string of the molecule is O=S(=O)([O-])[C@H](O)CCC[C@H](O)S(=O)(=O)[O-]. The van der Waals surface area contributed by atoms with Gasteiger partial charge in [-0.1, -0.05) is 0 Å². The predicted molar refractivity (Wildman–Crippen MR) is 45.3 cm³/mol. The van der Waals surface area contributed by atoms with Crippen LogP contribution < -0.4 is 0 Å². The first-order valence-corrected chi connectivity index (χ1v) is 6.75. The van der Waals surface area contributed by atoms with Crippen LogP contribution in [0, 0.1) is 0 Å². The molecular weight excluding hydrogens is 252 g/mol. The van der Waals surface area contributed by atoms with Gasteiger partial charge < -0.3 is 19.3 Å². The average Bonchev–Trinajstić information content (AvgIpc) is 2.00. The van der Waals surface area contributed by atoms with Crippen LogP contribution in [0.1, 0.15) is 19.3 Å². The van der Waals surface area contributed by atoms with Gasteiger partial charge in [-0.3, -0.25) is 0 Å². The molecule has 0 fully saturated rings. The fraction of sp³-hybridized carbons (Fsp3) is 1.00. The quantitative estimate of drug-likeness (QED) is 0.515. The molecule has 0 heterocycles. The van der Waals surface area contributed by atoms with Crippen LogP contribution in [0.25, 0.3) is 0 Å². The van der Waals surface area contributed by atoms with E-state index in [1.165, 1.54) is 0 Å². The van der Waals surface area contributed by atoms with Crippen LogP contribution >= 0.6 is 0 Å². The van der Waals surface area contributed by atoms with Crippen LogP contribution in [0.5, 0.6) is 0 Å². The lowest BCUT2D eigenvalue weighted by Crippen LogP contribution is -2.23. The van der Waals surface area contributed by atoms with E-state index in [4.69, 9.17) is 10.2 Å². The van der Waals surface area contributed by atoms with Crippen LogP contribution in [-0.4, -0.2) is 47.0 Å². The molecule has 0 aromatic heterocycles. The number of aliphatic hydroxyl groups excluding tert-OH is 2. The molecule has 0 aliphatic carbocycles. The van der Waals surface area contributed by atoms with E-state index < -0.39 is 43.9 Å². The standard InChI is InChI=1S/C5H12O8S2/c6-4(14(8,9)10)2-1-3-5(7)15(11,12)13/h4-7H,1-3H2,(H,8,9,10)(H,11,12,13)/p-2/t4-,5+. The molecule has 2 atom stereocenters. The highest BCUT2D eigenvalue weighted by Gasteiger charge is 2.15. The van der Waals surface area contributed by atoms with Crippen LogP contribution in [-0.2, 0) is 20.2 Å². The van der Waals surface area contributed by atoms with Crippen LogP contribution in [0.15, 0.2) is 0 Å². The van der Waals surface area contributed by atoms with Crippen molar-refractivity contribution in [3.63, 3.8) is 0 Å². The fourth-order valence-corrected chi connectivity index (χ4v) is 1.67. The summed E-state index contributed by atoms with van der Waals surface area (Å²) in [4.78, 5) is 0. The zero-order valence-electron chi connectivity index (χ0n) is 7.44. The summed E-state index contributed by atoms with van der Waals surface area (Å²) in [5, 5.41) is 17.4. The molecule has 8 nitrogen and oxygen atoms in total. The maximum absolute atomic E-state index is 10.2. The summed E-state index contributed by atoms with van der Waals surface area (Å²) < 4.78 is 60.9. The van der Waals surface area contributed by atoms with E-state index in [0.29, 0.717) is 0 Å². The summed E-state index contributed by atoms with van der Waals surface area (Å²) >= 11 is 0. The van der Waals surface area contributed by atoms with E-state index in [-0.39, 0.29) is 6.42 Å². The molecule has 0 aromatic carbocycles. The Labute approximate surface area is 87.0 Å². The van der Waals surface area contributed by atoms with Crippen molar-refractivity contribution >= 4 is 20.2 Å². The van der Waals surface area contributed by atoms with Gasteiger partial charge in [0.15, 0.2) is 0 Å². The molecule has 0 amide bonds. The van der Waals surface area contributed by atoms with E-state index >= 15 is 0 Å². The molecule has 0 aliphatic heterocycles. The first-order valence-electron chi connectivity index (χ1n) is 3.80. The van der Waals surface area contributed by atoms with Crippen LogP contribution in [0.4, 0.5) is 0 Å². The van der Waals surface area contributed by atoms with E-state index in [1.807, 2.05) is 0 Å². The maximum Gasteiger partial charge on any atom is 0.143 e. The maximum atomic E-state index is 10.2. The Kier molecular flexibility index (Phi) is 5.09. The minimum Gasteiger partial charge on any atom is -0.746 e. The highest BCUT2D eigenvalue weighted by atomic mass is 32.2. The first-order chi connectivity index (χ1) is 6.55. The Morgan fingerprint density at radius 1 is 0.867 bits per heavy atom. The molecule has 0 aliphatic rings. The topological polar surface area (TPSA) is 155 Å². The highest BCUT2D eigenvalue weighted by Crippen LogP contribution is 2.10. The molecule has 15 heavy (non-hydrogen) atoms. The monoisotopic (exact) mass is 262 g/mol. The van der Waals surface area contributed by atoms with E-state index in [0.717, 1.165) is 0 Å². The third-order valence-corrected chi connectivity index (χ3v) is 3.37. The average molecular weight is 262 g/mol. The summed E-state index contributed by atoms with van der Waals surface area (Å²) in [6, 6.07) is 0. The van der Waals surface area contributed by atoms with Crippen LogP contribution in [0.3, 0.4) is 0 Å². The third-order valence-electron chi connectivity index (χ3n) is 1.57. The minimum atomic E-state index is -4.84. The molecule has 0 saturated heterocycles. The van der Waals surface area contributed by atoms with Gasteiger partial charge in [0.05, 0.1) is 0 Å². The molecule has 0 rings (SSSR count). The summed E-state index contributed by atoms with van der Waals surface area (Å²) in [6.45, 7) is 0. The number of rotatable bonds is 6. The minimum absolute atomic E-state index is 0.273. The smallest absolute Gasteiger partial charge is 0.143 e. The van der Waals surface area contributed by atoms with Crippen molar-refractivity contribution in [1.29, 1.82) is 0 Å². The lowest BCUT2D eigenvalue weighted by atomic mass is 10.2. The van der Waals surface area contributed by atoms with Gasteiger partial charge in [0.1, 0.15) is 31.1 Å². The van der Waals surface area contributed by atoms with Crippen LogP contribution in [0.2, 0.25) is 0 Å². The highest BCUT2D eigenvalue weighted by molar-refractivity contribution is 7.86.